The average molecular weight is 301 g/mol. The van der Waals surface area contributed by atoms with Crippen LogP contribution in [0.1, 0.15) is 34.6 Å². The van der Waals surface area contributed by atoms with Crippen LogP contribution >= 0.6 is 0 Å². The van der Waals surface area contributed by atoms with Crippen molar-refractivity contribution in [3.05, 3.63) is 41.7 Å². The maximum Gasteiger partial charge on any atom is 0.272 e. The van der Waals surface area contributed by atoms with Crippen molar-refractivity contribution < 1.29 is 9.53 Å². The van der Waals surface area contributed by atoms with E-state index >= 15 is 0 Å². The number of aromatic nitrogens is 4. The molecule has 1 aliphatic rings. The first-order chi connectivity index (χ1) is 10.7. The normalized spacial score (nSPS) is 17.4. The third-order valence-electron chi connectivity index (χ3n) is 3.84. The third-order valence-corrected chi connectivity index (χ3v) is 3.84. The Morgan fingerprint density at radius 2 is 2.36 bits per heavy atom. The van der Waals surface area contributed by atoms with Gasteiger partial charge in [0.1, 0.15) is 12.0 Å². The van der Waals surface area contributed by atoms with Crippen molar-refractivity contribution in [2.45, 2.75) is 25.9 Å². The van der Waals surface area contributed by atoms with E-state index in [0.717, 1.165) is 17.8 Å². The molecule has 0 aromatic carbocycles. The summed E-state index contributed by atoms with van der Waals surface area (Å²) in [5, 5.41) is 4.61. The lowest BCUT2D eigenvalue weighted by atomic mass is 9.97. The van der Waals surface area contributed by atoms with E-state index in [9.17, 15) is 4.79 Å². The lowest BCUT2D eigenvalue weighted by molar-refractivity contribution is 0.0672. The molecule has 116 valence electrons. The Hall–Kier alpha value is -2.28. The van der Waals surface area contributed by atoms with Gasteiger partial charge in [-0.05, 0) is 13.0 Å². The highest BCUT2D eigenvalue weighted by Gasteiger charge is 2.31. The van der Waals surface area contributed by atoms with E-state index in [4.69, 9.17) is 4.74 Å². The highest BCUT2D eigenvalue weighted by atomic mass is 16.5. The van der Waals surface area contributed by atoms with Gasteiger partial charge in [0, 0.05) is 50.6 Å². The largest absolute Gasteiger partial charge is 0.384 e. The summed E-state index contributed by atoms with van der Waals surface area (Å²) in [4.78, 5) is 22.3. The Bertz CT molecular complexity index is 655. The van der Waals surface area contributed by atoms with Gasteiger partial charge >= 0.3 is 0 Å². The zero-order chi connectivity index (χ0) is 15.5. The number of ether oxygens (including phenoxy) is 1. The number of rotatable bonds is 4. The summed E-state index contributed by atoms with van der Waals surface area (Å²) < 4.78 is 7.21. The molecule has 3 heterocycles. The van der Waals surface area contributed by atoms with Crippen molar-refractivity contribution in [3.8, 4) is 0 Å². The summed E-state index contributed by atoms with van der Waals surface area (Å²) in [7, 11) is 1.67. The highest BCUT2D eigenvalue weighted by molar-refractivity contribution is 5.92. The van der Waals surface area contributed by atoms with Crippen LogP contribution in [0, 0.1) is 0 Å². The number of hydrogen-bond donors (Lipinski definition) is 0. The van der Waals surface area contributed by atoms with Gasteiger partial charge in [-0.15, -0.1) is 0 Å². The van der Waals surface area contributed by atoms with E-state index in [-0.39, 0.29) is 11.8 Å². The van der Waals surface area contributed by atoms with E-state index < -0.39 is 0 Å². The molecular formula is C15H19N5O2. The summed E-state index contributed by atoms with van der Waals surface area (Å²) in [5.74, 6) is 0.00531. The lowest BCUT2D eigenvalue weighted by Crippen LogP contribution is -2.39. The zero-order valence-electron chi connectivity index (χ0n) is 12.8. The van der Waals surface area contributed by atoms with E-state index in [1.807, 2.05) is 17.8 Å². The predicted molar refractivity (Wildman–Crippen MR) is 79.3 cm³/mol. The quantitative estimate of drug-likeness (QED) is 0.845. The van der Waals surface area contributed by atoms with Crippen LogP contribution in [-0.4, -0.2) is 50.8 Å². The number of methoxy groups -OCH3 is 1. The Morgan fingerprint density at radius 1 is 1.50 bits per heavy atom. The molecule has 22 heavy (non-hydrogen) atoms. The molecule has 0 saturated carbocycles. The van der Waals surface area contributed by atoms with Crippen molar-refractivity contribution in [2.75, 3.05) is 20.3 Å². The minimum absolute atomic E-state index is 0.0848. The molecule has 1 aliphatic heterocycles. The van der Waals surface area contributed by atoms with Crippen LogP contribution in [0.2, 0.25) is 0 Å². The molecule has 1 unspecified atom stereocenters. The maximum atomic E-state index is 12.6. The summed E-state index contributed by atoms with van der Waals surface area (Å²) in [6.45, 7) is 4.55. The van der Waals surface area contributed by atoms with Crippen LogP contribution in [0.4, 0.5) is 0 Å². The van der Waals surface area contributed by atoms with E-state index in [1.165, 1.54) is 6.33 Å². The number of fused-ring (bicyclic) bond motifs is 1. The van der Waals surface area contributed by atoms with Gasteiger partial charge in [-0.2, -0.15) is 5.10 Å². The van der Waals surface area contributed by atoms with E-state index in [2.05, 4.69) is 15.1 Å². The molecule has 1 amide bonds. The number of amides is 1. The van der Waals surface area contributed by atoms with E-state index in [0.29, 0.717) is 25.4 Å². The van der Waals surface area contributed by atoms with Crippen LogP contribution in [0.3, 0.4) is 0 Å². The molecule has 7 heteroatoms. The molecule has 3 rings (SSSR count). The summed E-state index contributed by atoms with van der Waals surface area (Å²) in [6, 6.07) is 1.64. The average Bonchev–Trinajstić information content (AvgIpc) is 2.98. The van der Waals surface area contributed by atoms with Crippen molar-refractivity contribution in [1.82, 2.24) is 24.6 Å². The smallest absolute Gasteiger partial charge is 0.272 e. The minimum Gasteiger partial charge on any atom is -0.384 e. The molecule has 0 N–H and O–H groups in total. The highest BCUT2D eigenvalue weighted by Crippen LogP contribution is 2.28. The van der Waals surface area contributed by atoms with Gasteiger partial charge in [0.25, 0.3) is 5.91 Å². The topological polar surface area (TPSA) is 73.1 Å². The molecule has 7 nitrogen and oxygen atoms in total. The molecular weight excluding hydrogens is 282 g/mol. The number of carbonyl (C=O) groups excluding carboxylic acids is 1. The molecule has 2 aromatic heterocycles. The van der Waals surface area contributed by atoms with Crippen molar-refractivity contribution in [3.63, 3.8) is 0 Å². The second kappa shape index (κ2) is 6.23. The van der Waals surface area contributed by atoms with Crippen LogP contribution in [0.15, 0.2) is 24.8 Å². The molecule has 0 fully saturated rings. The van der Waals surface area contributed by atoms with Gasteiger partial charge in [-0.1, -0.05) is 0 Å². The molecule has 0 bridgehead atoms. The van der Waals surface area contributed by atoms with Crippen LogP contribution < -0.4 is 0 Å². The van der Waals surface area contributed by atoms with Crippen molar-refractivity contribution in [1.29, 1.82) is 0 Å². The van der Waals surface area contributed by atoms with Gasteiger partial charge in [-0.3, -0.25) is 9.48 Å². The fourth-order valence-corrected chi connectivity index (χ4v) is 2.79. The summed E-state index contributed by atoms with van der Waals surface area (Å²) in [5.41, 5.74) is 2.53. The first-order valence-corrected chi connectivity index (χ1v) is 7.33. The van der Waals surface area contributed by atoms with Crippen molar-refractivity contribution >= 4 is 5.91 Å². The van der Waals surface area contributed by atoms with Gasteiger partial charge in [-0.25, -0.2) is 9.97 Å². The van der Waals surface area contributed by atoms with Gasteiger partial charge in [0.05, 0.1) is 12.3 Å². The monoisotopic (exact) mass is 301 g/mol. The number of carbonyl (C=O) groups is 1. The Balaban J connectivity index is 1.88. The fraction of sp³-hybridized carbons (Fsp3) is 0.467. The minimum atomic E-state index is -0.0848. The molecule has 0 saturated heterocycles. The van der Waals surface area contributed by atoms with Crippen molar-refractivity contribution in [2.24, 2.45) is 0 Å². The van der Waals surface area contributed by atoms with E-state index in [1.54, 1.807) is 24.3 Å². The van der Waals surface area contributed by atoms with Crippen LogP contribution in [0.5, 0.6) is 0 Å². The number of hydrogen-bond acceptors (Lipinski definition) is 5. The zero-order valence-corrected chi connectivity index (χ0v) is 12.8. The first kappa shape index (κ1) is 14.6. The predicted octanol–water partition coefficient (Wildman–Crippen LogP) is 1.08. The summed E-state index contributed by atoms with van der Waals surface area (Å²) >= 11 is 0. The summed E-state index contributed by atoms with van der Waals surface area (Å²) in [6.07, 6.45) is 4.99. The van der Waals surface area contributed by atoms with Gasteiger partial charge < -0.3 is 9.64 Å². The Morgan fingerprint density at radius 3 is 3.05 bits per heavy atom. The second-order valence-corrected chi connectivity index (χ2v) is 5.33. The van der Waals surface area contributed by atoms with Gasteiger partial charge in [0.2, 0.25) is 0 Å². The first-order valence-electron chi connectivity index (χ1n) is 7.33. The molecule has 1 atom stereocenters. The SMILES string of the molecule is CCn1cc2c(n1)C(COC)CN(C(=O)c1ccncn1)C2. The third kappa shape index (κ3) is 2.71. The second-order valence-electron chi connectivity index (χ2n) is 5.33. The Kier molecular flexibility index (Phi) is 4.15. The standard InChI is InChI=1S/C15H19N5O2/c1-3-20-8-11-6-19(7-12(9-22-2)14(11)18-20)15(21)13-4-5-16-10-17-13/h4-5,8,10,12H,3,6-7,9H2,1-2H3. The number of aryl methyl sites for hydroxylation is 1. The molecule has 0 radical (unpaired) electrons. The number of nitrogens with zero attached hydrogens (tertiary/aromatic N) is 5. The maximum absolute atomic E-state index is 12.6. The Labute approximate surface area is 128 Å². The molecule has 0 spiro atoms. The fourth-order valence-electron chi connectivity index (χ4n) is 2.79. The van der Waals surface area contributed by atoms with Crippen LogP contribution in [-0.2, 0) is 17.8 Å². The molecule has 2 aromatic rings. The van der Waals surface area contributed by atoms with Crippen LogP contribution in [0.25, 0.3) is 0 Å². The molecule has 0 aliphatic carbocycles. The lowest BCUT2D eigenvalue weighted by Gasteiger charge is -2.31. The van der Waals surface area contributed by atoms with Gasteiger partial charge in [0.15, 0.2) is 0 Å².